The molecule has 1 aliphatic heterocycles. The summed E-state index contributed by atoms with van der Waals surface area (Å²) in [5, 5.41) is 12.0. The van der Waals surface area contributed by atoms with Crippen molar-refractivity contribution in [1.82, 2.24) is 9.80 Å². The van der Waals surface area contributed by atoms with Gasteiger partial charge in [0.15, 0.2) is 0 Å². The van der Waals surface area contributed by atoms with Gasteiger partial charge in [-0.15, -0.1) is 0 Å². The Hall–Kier alpha value is -2.55. The number of hydrogen-bond acceptors (Lipinski definition) is 3. The van der Waals surface area contributed by atoms with Gasteiger partial charge >= 0.3 is 6.03 Å². The average Bonchev–Trinajstić information content (AvgIpc) is 3.08. The summed E-state index contributed by atoms with van der Waals surface area (Å²) in [7, 11) is 0. The molecule has 0 bridgehead atoms. The molecule has 0 N–H and O–H groups in total. The highest BCUT2D eigenvalue weighted by Gasteiger charge is 2.58. The van der Waals surface area contributed by atoms with Crippen LogP contribution in [0, 0.1) is 16.7 Å². The van der Waals surface area contributed by atoms with Crippen molar-refractivity contribution in [2.45, 2.75) is 51.5 Å². The molecule has 5 nitrogen and oxygen atoms in total. The number of rotatable bonds is 5. The zero-order valence-electron chi connectivity index (χ0n) is 19.4. The molecular weight excluding hydrogens is 457 g/mol. The second kappa shape index (κ2) is 9.75. The normalized spacial score (nSPS) is 22.6. The summed E-state index contributed by atoms with van der Waals surface area (Å²) in [5.74, 6) is -0.343. The maximum absolute atomic E-state index is 13.5. The lowest BCUT2D eigenvalue weighted by Crippen LogP contribution is -2.51. The van der Waals surface area contributed by atoms with Gasteiger partial charge in [0.1, 0.15) is 5.41 Å². The zero-order chi connectivity index (χ0) is 24.4. The molecule has 3 atom stereocenters. The molecule has 3 amide bonds. The number of hydrogen-bond donors (Lipinski definition) is 0. The van der Waals surface area contributed by atoms with Crippen LogP contribution in [-0.4, -0.2) is 41.4 Å². The number of carbonyl (C=O) groups is 2. The van der Waals surface area contributed by atoms with Gasteiger partial charge in [-0.1, -0.05) is 68.2 Å². The standard InChI is InChI=1S/C26H29Cl2N3O2/c1-5-30(17-32)24(33)31-15-22(18-7-6-8-21(28)13-18)26(16-29,23(31)14-25(2,3)4)19-9-11-20(27)12-10-19/h6-13,17,22-23H,5,14-15H2,1-4H3. The molecule has 1 heterocycles. The quantitative estimate of drug-likeness (QED) is 0.469. The molecule has 7 heteroatoms. The van der Waals surface area contributed by atoms with E-state index in [9.17, 15) is 14.9 Å². The van der Waals surface area contributed by atoms with Gasteiger partial charge in [-0.05, 0) is 54.2 Å². The number of amides is 3. The molecule has 0 aromatic heterocycles. The lowest BCUT2D eigenvalue weighted by atomic mass is 9.64. The van der Waals surface area contributed by atoms with Crippen molar-refractivity contribution in [2.24, 2.45) is 5.41 Å². The van der Waals surface area contributed by atoms with Crippen molar-refractivity contribution in [3.63, 3.8) is 0 Å². The van der Waals surface area contributed by atoms with E-state index in [-0.39, 0.29) is 23.9 Å². The number of carbonyl (C=O) groups excluding carboxylic acids is 2. The van der Waals surface area contributed by atoms with Crippen molar-refractivity contribution in [2.75, 3.05) is 13.1 Å². The molecule has 0 saturated carbocycles. The van der Waals surface area contributed by atoms with E-state index in [1.807, 2.05) is 30.3 Å². The Bertz CT molecular complexity index is 1060. The van der Waals surface area contributed by atoms with Gasteiger partial charge in [-0.2, -0.15) is 5.26 Å². The molecule has 0 spiro atoms. The molecule has 3 rings (SSSR count). The van der Waals surface area contributed by atoms with Gasteiger partial charge < -0.3 is 4.90 Å². The number of urea groups is 1. The summed E-state index contributed by atoms with van der Waals surface area (Å²) in [6, 6.07) is 16.5. The molecular formula is C26H29Cl2N3O2. The monoisotopic (exact) mass is 485 g/mol. The number of nitrogens with zero attached hydrogens (tertiary/aromatic N) is 3. The first-order valence-electron chi connectivity index (χ1n) is 11.0. The lowest BCUT2D eigenvalue weighted by Gasteiger charge is -2.39. The second-order valence-corrected chi connectivity index (χ2v) is 10.6. The highest BCUT2D eigenvalue weighted by Crippen LogP contribution is 2.52. The third-order valence-electron chi connectivity index (χ3n) is 6.35. The second-order valence-electron chi connectivity index (χ2n) is 9.70. The molecule has 1 saturated heterocycles. The van der Waals surface area contributed by atoms with Crippen molar-refractivity contribution < 1.29 is 9.59 Å². The van der Waals surface area contributed by atoms with E-state index in [4.69, 9.17) is 23.2 Å². The summed E-state index contributed by atoms with van der Waals surface area (Å²) in [6.45, 7) is 8.56. The zero-order valence-corrected chi connectivity index (χ0v) is 20.9. The third-order valence-corrected chi connectivity index (χ3v) is 6.84. The van der Waals surface area contributed by atoms with E-state index in [1.54, 1.807) is 30.0 Å². The number of imide groups is 1. The fourth-order valence-electron chi connectivity index (χ4n) is 4.86. The molecule has 1 aliphatic rings. The summed E-state index contributed by atoms with van der Waals surface area (Å²) >= 11 is 12.5. The van der Waals surface area contributed by atoms with E-state index in [1.165, 1.54) is 0 Å². The highest BCUT2D eigenvalue weighted by atomic mass is 35.5. The van der Waals surface area contributed by atoms with Crippen LogP contribution in [0.25, 0.3) is 0 Å². The summed E-state index contributed by atoms with van der Waals surface area (Å²) in [5.41, 5.74) is 0.431. The minimum atomic E-state index is -1.06. The molecule has 2 aromatic carbocycles. The minimum absolute atomic E-state index is 0.181. The van der Waals surface area contributed by atoms with Crippen LogP contribution in [0.1, 0.15) is 51.2 Å². The Labute approximate surface area is 205 Å². The highest BCUT2D eigenvalue weighted by molar-refractivity contribution is 6.30. The molecule has 0 aliphatic carbocycles. The van der Waals surface area contributed by atoms with E-state index >= 15 is 0 Å². The van der Waals surface area contributed by atoms with Crippen LogP contribution in [0.3, 0.4) is 0 Å². The van der Waals surface area contributed by atoms with E-state index in [0.29, 0.717) is 29.4 Å². The Morgan fingerprint density at radius 1 is 1.21 bits per heavy atom. The van der Waals surface area contributed by atoms with E-state index < -0.39 is 11.5 Å². The maximum Gasteiger partial charge on any atom is 0.326 e. The van der Waals surface area contributed by atoms with Crippen molar-refractivity contribution in [3.8, 4) is 6.07 Å². The van der Waals surface area contributed by atoms with Gasteiger partial charge in [0.05, 0.1) is 12.1 Å². The fourth-order valence-corrected chi connectivity index (χ4v) is 5.18. The van der Waals surface area contributed by atoms with Crippen LogP contribution in [-0.2, 0) is 10.2 Å². The smallest absolute Gasteiger partial charge is 0.319 e. The largest absolute Gasteiger partial charge is 0.326 e. The van der Waals surface area contributed by atoms with Gasteiger partial charge in [-0.25, -0.2) is 4.79 Å². The Morgan fingerprint density at radius 2 is 1.88 bits per heavy atom. The summed E-state index contributed by atoms with van der Waals surface area (Å²) in [6.07, 6.45) is 1.13. The van der Waals surface area contributed by atoms with Crippen LogP contribution in [0.4, 0.5) is 4.79 Å². The van der Waals surface area contributed by atoms with E-state index in [2.05, 4.69) is 26.8 Å². The lowest BCUT2D eigenvalue weighted by molar-refractivity contribution is -0.116. The average molecular weight is 486 g/mol. The number of halogens is 2. The topological polar surface area (TPSA) is 64.4 Å². The van der Waals surface area contributed by atoms with Gasteiger partial charge in [-0.3, -0.25) is 9.69 Å². The maximum atomic E-state index is 13.5. The molecule has 174 valence electrons. The Morgan fingerprint density at radius 3 is 2.39 bits per heavy atom. The predicted molar refractivity (Wildman–Crippen MR) is 131 cm³/mol. The van der Waals surface area contributed by atoms with E-state index in [0.717, 1.165) is 16.0 Å². The van der Waals surface area contributed by atoms with Crippen LogP contribution in [0.15, 0.2) is 48.5 Å². The van der Waals surface area contributed by atoms with Crippen LogP contribution < -0.4 is 0 Å². The first-order valence-corrected chi connectivity index (χ1v) is 11.8. The van der Waals surface area contributed by atoms with Gasteiger partial charge in [0.2, 0.25) is 6.41 Å². The molecule has 33 heavy (non-hydrogen) atoms. The van der Waals surface area contributed by atoms with Crippen LogP contribution in [0.5, 0.6) is 0 Å². The third kappa shape index (κ3) is 4.88. The number of likely N-dealkylation sites (tertiary alicyclic amines) is 1. The van der Waals surface area contributed by atoms with Crippen molar-refractivity contribution in [1.29, 1.82) is 5.26 Å². The van der Waals surface area contributed by atoms with Gasteiger partial charge in [0, 0.05) is 29.1 Å². The van der Waals surface area contributed by atoms with Crippen molar-refractivity contribution in [3.05, 3.63) is 69.7 Å². The summed E-state index contributed by atoms with van der Waals surface area (Å²) in [4.78, 5) is 28.0. The SMILES string of the molecule is CCN(C=O)C(=O)N1CC(c2cccc(Cl)c2)C(C#N)(c2ccc(Cl)cc2)C1CC(C)(C)C. The number of nitriles is 1. The van der Waals surface area contributed by atoms with Crippen LogP contribution in [0.2, 0.25) is 10.0 Å². The molecule has 0 radical (unpaired) electrons. The first-order chi connectivity index (χ1) is 15.6. The summed E-state index contributed by atoms with van der Waals surface area (Å²) < 4.78 is 0. The molecule has 3 unspecified atom stereocenters. The number of benzene rings is 2. The minimum Gasteiger partial charge on any atom is -0.319 e. The molecule has 1 fully saturated rings. The Balaban J connectivity index is 2.29. The van der Waals surface area contributed by atoms with Crippen molar-refractivity contribution >= 4 is 35.6 Å². The van der Waals surface area contributed by atoms with Gasteiger partial charge in [0.25, 0.3) is 0 Å². The molecule has 2 aromatic rings. The Kier molecular flexibility index (Phi) is 7.41. The van der Waals surface area contributed by atoms with Crippen LogP contribution >= 0.6 is 23.2 Å². The first kappa shape index (κ1) is 25.1. The fraction of sp³-hybridized carbons (Fsp3) is 0.423. The predicted octanol–water partition coefficient (Wildman–Crippen LogP) is 6.26.